The number of nitrogens with zero attached hydrogens (tertiary/aromatic N) is 2. The van der Waals surface area contributed by atoms with Gasteiger partial charge in [-0.1, -0.05) is 15.9 Å². The van der Waals surface area contributed by atoms with E-state index in [-0.39, 0.29) is 0 Å². The SMILES string of the molecule is Cc1ncc(S(=O)(=O)N2CCC(CCBr)C2)s1. The maximum Gasteiger partial charge on any atom is 0.254 e. The molecule has 0 aliphatic carbocycles. The Kier molecular flexibility index (Phi) is 4.22. The van der Waals surface area contributed by atoms with Gasteiger partial charge in [0.05, 0.1) is 11.2 Å². The molecular weight excluding hydrogens is 324 g/mol. The molecule has 1 aliphatic heterocycles. The minimum absolute atomic E-state index is 0.370. The fourth-order valence-electron chi connectivity index (χ4n) is 1.99. The molecule has 1 aromatic heterocycles. The summed E-state index contributed by atoms with van der Waals surface area (Å²) in [6, 6.07) is 0. The predicted molar refractivity (Wildman–Crippen MR) is 72.1 cm³/mol. The van der Waals surface area contributed by atoms with E-state index < -0.39 is 10.0 Å². The zero-order valence-corrected chi connectivity index (χ0v) is 12.8. The molecule has 1 aliphatic rings. The summed E-state index contributed by atoms with van der Waals surface area (Å²) in [5.41, 5.74) is 0. The average Bonchev–Trinajstić information content (AvgIpc) is 2.88. The zero-order valence-electron chi connectivity index (χ0n) is 9.60. The summed E-state index contributed by atoms with van der Waals surface area (Å²) in [7, 11) is -3.30. The highest BCUT2D eigenvalue weighted by molar-refractivity contribution is 9.09. The highest BCUT2D eigenvalue weighted by Crippen LogP contribution is 2.28. The topological polar surface area (TPSA) is 50.3 Å². The van der Waals surface area contributed by atoms with E-state index in [4.69, 9.17) is 0 Å². The summed E-state index contributed by atoms with van der Waals surface area (Å²) in [4.78, 5) is 4.01. The van der Waals surface area contributed by atoms with E-state index in [2.05, 4.69) is 20.9 Å². The fourth-order valence-corrected chi connectivity index (χ4v) is 5.44. The van der Waals surface area contributed by atoms with Crippen molar-refractivity contribution in [2.75, 3.05) is 18.4 Å². The van der Waals surface area contributed by atoms with E-state index in [0.29, 0.717) is 23.2 Å². The van der Waals surface area contributed by atoms with Gasteiger partial charge < -0.3 is 0 Å². The Balaban J connectivity index is 2.13. The molecule has 0 amide bonds. The second-order valence-electron chi connectivity index (χ2n) is 4.19. The van der Waals surface area contributed by atoms with Crippen LogP contribution in [0.25, 0.3) is 0 Å². The molecule has 1 aromatic rings. The molecule has 0 spiro atoms. The van der Waals surface area contributed by atoms with Gasteiger partial charge >= 0.3 is 0 Å². The summed E-state index contributed by atoms with van der Waals surface area (Å²) in [6.07, 6.45) is 3.46. The first-order valence-corrected chi connectivity index (χ1v) is 8.90. The minimum Gasteiger partial charge on any atom is -0.249 e. The fraction of sp³-hybridized carbons (Fsp3) is 0.700. The Bertz CT molecular complexity index is 486. The molecule has 0 radical (unpaired) electrons. The molecular formula is C10H15BrN2O2S2. The number of halogens is 1. The summed E-state index contributed by atoms with van der Waals surface area (Å²) < 4.78 is 26.5. The van der Waals surface area contributed by atoms with Gasteiger partial charge in [0.2, 0.25) is 0 Å². The Labute approximate surface area is 114 Å². The minimum atomic E-state index is -3.30. The summed E-state index contributed by atoms with van der Waals surface area (Å²) in [6.45, 7) is 3.10. The van der Waals surface area contributed by atoms with Crippen molar-refractivity contribution in [1.82, 2.24) is 9.29 Å². The molecule has 1 unspecified atom stereocenters. The first kappa shape index (κ1) is 13.5. The van der Waals surface area contributed by atoms with Gasteiger partial charge in [0, 0.05) is 18.4 Å². The molecule has 1 saturated heterocycles. The van der Waals surface area contributed by atoms with Crippen LogP contribution in [0.5, 0.6) is 0 Å². The van der Waals surface area contributed by atoms with Gasteiger partial charge in [-0.15, -0.1) is 11.3 Å². The first-order valence-electron chi connectivity index (χ1n) is 5.52. The molecule has 96 valence electrons. The molecule has 0 bridgehead atoms. The van der Waals surface area contributed by atoms with Crippen LogP contribution < -0.4 is 0 Å². The summed E-state index contributed by atoms with van der Waals surface area (Å²) in [5.74, 6) is 0.484. The van der Waals surface area contributed by atoms with E-state index in [1.165, 1.54) is 17.5 Å². The van der Waals surface area contributed by atoms with Crippen LogP contribution in [0.1, 0.15) is 17.8 Å². The van der Waals surface area contributed by atoms with Crippen LogP contribution in [-0.2, 0) is 10.0 Å². The van der Waals surface area contributed by atoms with Crippen molar-refractivity contribution >= 4 is 37.3 Å². The van der Waals surface area contributed by atoms with Crippen LogP contribution in [0.3, 0.4) is 0 Å². The Morgan fingerprint density at radius 3 is 3.00 bits per heavy atom. The molecule has 2 rings (SSSR count). The predicted octanol–water partition coefficient (Wildman–Crippen LogP) is 2.25. The third kappa shape index (κ3) is 2.89. The second-order valence-corrected chi connectivity index (χ2v) is 8.39. The van der Waals surface area contributed by atoms with Crippen LogP contribution in [0.4, 0.5) is 0 Å². The van der Waals surface area contributed by atoms with Crippen molar-refractivity contribution in [3.8, 4) is 0 Å². The molecule has 0 aromatic carbocycles. The molecule has 2 heterocycles. The van der Waals surface area contributed by atoms with E-state index in [9.17, 15) is 8.42 Å². The van der Waals surface area contributed by atoms with Crippen molar-refractivity contribution < 1.29 is 8.42 Å². The van der Waals surface area contributed by atoms with E-state index >= 15 is 0 Å². The number of hydrogen-bond acceptors (Lipinski definition) is 4. The van der Waals surface area contributed by atoms with E-state index in [1.54, 1.807) is 4.31 Å². The van der Waals surface area contributed by atoms with Crippen LogP contribution in [-0.4, -0.2) is 36.1 Å². The lowest BCUT2D eigenvalue weighted by atomic mass is 10.1. The van der Waals surface area contributed by atoms with Crippen molar-refractivity contribution in [2.24, 2.45) is 5.92 Å². The highest BCUT2D eigenvalue weighted by atomic mass is 79.9. The van der Waals surface area contributed by atoms with Crippen LogP contribution in [0, 0.1) is 12.8 Å². The van der Waals surface area contributed by atoms with Crippen molar-refractivity contribution in [3.63, 3.8) is 0 Å². The Hall–Kier alpha value is 0.0200. The number of rotatable bonds is 4. The number of alkyl halides is 1. The number of aromatic nitrogens is 1. The van der Waals surface area contributed by atoms with E-state index in [1.807, 2.05) is 6.92 Å². The highest BCUT2D eigenvalue weighted by Gasteiger charge is 2.33. The molecule has 1 fully saturated rings. The van der Waals surface area contributed by atoms with Crippen LogP contribution >= 0.6 is 27.3 Å². The number of aryl methyl sites for hydroxylation is 1. The zero-order chi connectivity index (χ0) is 12.5. The van der Waals surface area contributed by atoms with Gasteiger partial charge in [-0.3, -0.25) is 0 Å². The van der Waals surface area contributed by atoms with E-state index in [0.717, 1.165) is 23.2 Å². The quantitative estimate of drug-likeness (QED) is 0.791. The van der Waals surface area contributed by atoms with Crippen molar-refractivity contribution in [3.05, 3.63) is 11.2 Å². The van der Waals surface area contributed by atoms with Gasteiger partial charge in [-0.25, -0.2) is 13.4 Å². The Morgan fingerprint density at radius 1 is 1.65 bits per heavy atom. The molecule has 4 nitrogen and oxygen atoms in total. The van der Waals surface area contributed by atoms with Crippen LogP contribution in [0.15, 0.2) is 10.4 Å². The normalized spacial score (nSPS) is 22.1. The van der Waals surface area contributed by atoms with Crippen molar-refractivity contribution in [1.29, 1.82) is 0 Å². The molecule has 0 saturated carbocycles. The number of thiazole rings is 1. The second kappa shape index (κ2) is 5.34. The van der Waals surface area contributed by atoms with Crippen LogP contribution in [0.2, 0.25) is 0 Å². The number of sulfonamides is 1. The maximum absolute atomic E-state index is 12.3. The molecule has 0 N–H and O–H groups in total. The lowest BCUT2D eigenvalue weighted by Gasteiger charge is -2.14. The smallest absolute Gasteiger partial charge is 0.249 e. The summed E-state index contributed by atoms with van der Waals surface area (Å²) >= 11 is 4.65. The molecule has 7 heteroatoms. The third-order valence-corrected chi connectivity index (χ3v) is 6.63. The van der Waals surface area contributed by atoms with Gasteiger partial charge in [-0.05, 0) is 25.7 Å². The lowest BCUT2D eigenvalue weighted by molar-refractivity contribution is 0.455. The van der Waals surface area contributed by atoms with Crippen molar-refractivity contribution in [2.45, 2.75) is 24.0 Å². The van der Waals surface area contributed by atoms with Gasteiger partial charge in [0.25, 0.3) is 10.0 Å². The molecule has 17 heavy (non-hydrogen) atoms. The third-order valence-electron chi connectivity index (χ3n) is 2.96. The standard InChI is InChI=1S/C10H15BrN2O2S2/c1-8-12-6-10(16-8)17(14,15)13-5-3-9(7-13)2-4-11/h6,9H,2-5,7H2,1H3. The number of hydrogen-bond donors (Lipinski definition) is 0. The lowest BCUT2D eigenvalue weighted by Crippen LogP contribution is -2.28. The monoisotopic (exact) mass is 338 g/mol. The Morgan fingerprint density at radius 2 is 2.41 bits per heavy atom. The van der Waals surface area contributed by atoms with Gasteiger partial charge in [0.1, 0.15) is 0 Å². The first-order chi connectivity index (χ1) is 8.04. The van der Waals surface area contributed by atoms with Gasteiger partial charge in [-0.2, -0.15) is 4.31 Å². The van der Waals surface area contributed by atoms with Gasteiger partial charge in [0.15, 0.2) is 4.21 Å². The largest absolute Gasteiger partial charge is 0.254 e. The summed E-state index contributed by atoms with van der Waals surface area (Å²) in [5, 5.41) is 1.73. The molecule has 1 atom stereocenters. The maximum atomic E-state index is 12.3. The average molecular weight is 339 g/mol.